The number of rotatable bonds is 4. The smallest absolute Gasteiger partial charge is 0.268 e. The molecular formula is C18H20N2OS2. The van der Waals surface area contributed by atoms with Crippen LogP contribution in [0.5, 0.6) is 0 Å². The van der Waals surface area contributed by atoms with Gasteiger partial charge in [0.05, 0.1) is 5.70 Å². The van der Waals surface area contributed by atoms with Crippen molar-refractivity contribution in [2.24, 2.45) is 0 Å². The Morgan fingerprint density at radius 1 is 1.13 bits per heavy atom. The number of carbonyl (C=O) groups excluding carboxylic acids is 1. The zero-order valence-electron chi connectivity index (χ0n) is 13.4. The van der Waals surface area contributed by atoms with E-state index in [0.717, 1.165) is 35.7 Å². The molecule has 1 saturated heterocycles. The zero-order chi connectivity index (χ0) is 16.4. The number of amides is 1. The van der Waals surface area contributed by atoms with Crippen LogP contribution in [0.2, 0.25) is 0 Å². The van der Waals surface area contributed by atoms with Crippen molar-refractivity contribution in [1.29, 1.82) is 0 Å². The highest BCUT2D eigenvalue weighted by molar-refractivity contribution is 8.26. The first kappa shape index (κ1) is 16.3. The molecule has 2 aliphatic rings. The van der Waals surface area contributed by atoms with E-state index >= 15 is 0 Å². The maximum absolute atomic E-state index is 12.8. The van der Waals surface area contributed by atoms with Gasteiger partial charge in [-0.1, -0.05) is 61.6 Å². The summed E-state index contributed by atoms with van der Waals surface area (Å²) in [6.45, 7) is 5.75. The Hall–Kier alpha value is -1.59. The number of hydrogen-bond acceptors (Lipinski definition) is 4. The average molecular weight is 345 g/mol. The molecule has 0 spiro atoms. The molecular weight excluding hydrogens is 324 g/mol. The Labute approximate surface area is 147 Å². The second kappa shape index (κ2) is 6.89. The molecule has 0 aliphatic carbocycles. The number of allylic oxidation sites excluding steroid dienone is 1. The van der Waals surface area contributed by atoms with E-state index in [4.69, 9.17) is 12.2 Å². The Morgan fingerprint density at radius 2 is 1.91 bits per heavy atom. The number of fused-ring (bicyclic) bond motifs is 1. The van der Waals surface area contributed by atoms with Gasteiger partial charge in [-0.05, 0) is 31.1 Å². The minimum absolute atomic E-state index is 0.0472. The summed E-state index contributed by atoms with van der Waals surface area (Å²) < 4.78 is 0.675. The summed E-state index contributed by atoms with van der Waals surface area (Å²) in [7, 11) is 0. The fourth-order valence-electron chi connectivity index (χ4n) is 2.86. The van der Waals surface area contributed by atoms with E-state index in [2.05, 4.69) is 37.0 Å². The maximum atomic E-state index is 12.8. The van der Waals surface area contributed by atoms with E-state index in [-0.39, 0.29) is 5.91 Å². The SMILES string of the molecule is CCCCN1C(=O)/C(=C2\C=Cc3ccccc3N2CC)SC1=S. The van der Waals surface area contributed by atoms with E-state index in [1.165, 1.54) is 17.3 Å². The van der Waals surface area contributed by atoms with Crippen molar-refractivity contribution < 1.29 is 4.79 Å². The first-order valence-corrected chi connectivity index (χ1v) is 9.22. The third-order valence-electron chi connectivity index (χ3n) is 4.07. The molecule has 0 atom stereocenters. The molecule has 0 bridgehead atoms. The topological polar surface area (TPSA) is 23.6 Å². The van der Waals surface area contributed by atoms with Crippen LogP contribution in [0.4, 0.5) is 5.69 Å². The molecule has 1 aromatic carbocycles. The fourth-order valence-corrected chi connectivity index (χ4v) is 4.23. The molecule has 1 aromatic rings. The van der Waals surface area contributed by atoms with Crippen molar-refractivity contribution in [2.75, 3.05) is 18.0 Å². The molecule has 5 heteroatoms. The lowest BCUT2D eigenvalue weighted by Crippen LogP contribution is -2.31. The molecule has 0 radical (unpaired) electrons. The van der Waals surface area contributed by atoms with Crippen molar-refractivity contribution in [3.63, 3.8) is 0 Å². The highest BCUT2D eigenvalue weighted by Gasteiger charge is 2.35. The molecule has 0 saturated carbocycles. The third kappa shape index (κ3) is 2.95. The lowest BCUT2D eigenvalue weighted by atomic mass is 10.1. The van der Waals surface area contributed by atoms with E-state index in [0.29, 0.717) is 10.9 Å². The van der Waals surface area contributed by atoms with Gasteiger partial charge in [-0.3, -0.25) is 9.69 Å². The number of anilines is 1. The van der Waals surface area contributed by atoms with Gasteiger partial charge in [0, 0.05) is 18.8 Å². The summed E-state index contributed by atoms with van der Waals surface area (Å²) in [6, 6.07) is 8.26. The van der Waals surface area contributed by atoms with Crippen LogP contribution in [-0.2, 0) is 4.79 Å². The van der Waals surface area contributed by atoms with Crippen molar-refractivity contribution in [1.82, 2.24) is 4.90 Å². The minimum atomic E-state index is 0.0472. The summed E-state index contributed by atoms with van der Waals surface area (Å²) >= 11 is 6.85. The third-order valence-corrected chi connectivity index (χ3v) is 5.53. The zero-order valence-corrected chi connectivity index (χ0v) is 15.0. The van der Waals surface area contributed by atoms with Gasteiger partial charge in [-0.2, -0.15) is 0 Å². The molecule has 3 rings (SSSR count). The predicted octanol–water partition coefficient (Wildman–Crippen LogP) is 4.41. The number of unbranched alkanes of at least 4 members (excludes halogenated alkanes) is 1. The van der Waals surface area contributed by atoms with Crippen molar-refractivity contribution in [3.05, 3.63) is 46.5 Å². The van der Waals surface area contributed by atoms with Crippen molar-refractivity contribution in [2.45, 2.75) is 26.7 Å². The van der Waals surface area contributed by atoms with Crippen molar-refractivity contribution >= 4 is 46.0 Å². The highest BCUT2D eigenvalue weighted by atomic mass is 32.2. The maximum Gasteiger partial charge on any atom is 0.268 e. The average Bonchev–Trinajstić information content (AvgIpc) is 2.86. The number of para-hydroxylation sites is 1. The largest absolute Gasteiger partial charge is 0.340 e. The van der Waals surface area contributed by atoms with E-state index in [1.807, 2.05) is 18.2 Å². The van der Waals surface area contributed by atoms with Crippen LogP contribution >= 0.6 is 24.0 Å². The number of nitrogens with zero attached hydrogens (tertiary/aromatic N) is 2. The molecule has 1 fully saturated rings. The van der Waals surface area contributed by atoms with Crippen LogP contribution < -0.4 is 4.90 Å². The number of benzene rings is 1. The highest BCUT2D eigenvalue weighted by Crippen LogP contribution is 2.39. The van der Waals surface area contributed by atoms with Crippen molar-refractivity contribution in [3.8, 4) is 0 Å². The fraction of sp³-hybridized carbons (Fsp3) is 0.333. The summed E-state index contributed by atoms with van der Waals surface area (Å²) in [4.78, 5) is 17.5. The second-order valence-corrected chi connectivity index (χ2v) is 7.17. The lowest BCUT2D eigenvalue weighted by molar-refractivity contribution is -0.122. The van der Waals surface area contributed by atoms with Gasteiger partial charge < -0.3 is 4.90 Å². The number of hydrogen-bond donors (Lipinski definition) is 0. The van der Waals surface area contributed by atoms with Gasteiger partial charge in [0.25, 0.3) is 5.91 Å². The Balaban J connectivity index is 1.99. The molecule has 2 aliphatic heterocycles. The normalized spacial score (nSPS) is 20.4. The predicted molar refractivity (Wildman–Crippen MR) is 102 cm³/mol. The number of thiocarbonyl (C=S) groups is 1. The molecule has 0 N–H and O–H groups in total. The van der Waals surface area contributed by atoms with Gasteiger partial charge in [0.2, 0.25) is 0 Å². The van der Waals surface area contributed by atoms with Crippen LogP contribution in [0.25, 0.3) is 6.08 Å². The molecule has 3 nitrogen and oxygen atoms in total. The quantitative estimate of drug-likeness (QED) is 0.596. The lowest BCUT2D eigenvalue weighted by Gasteiger charge is -2.30. The van der Waals surface area contributed by atoms with Crippen LogP contribution in [0.15, 0.2) is 40.9 Å². The minimum Gasteiger partial charge on any atom is -0.340 e. The Bertz CT molecular complexity index is 709. The molecule has 2 heterocycles. The molecule has 0 unspecified atom stereocenters. The van der Waals surface area contributed by atoms with Crippen LogP contribution in [0.1, 0.15) is 32.3 Å². The summed E-state index contributed by atoms with van der Waals surface area (Å²) in [5, 5.41) is 0. The number of thioether (sulfide) groups is 1. The Morgan fingerprint density at radius 3 is 2.65 bits per heavy atom. The second-order valence-electron chi connectivity index (χ2n) is 5.53. The number of likely N-dealkylation sites (N-methyl/N-ethyl adjacent to an activating group) is 1. The molecule has 120 valence electrons. The standard InChI is InChI=1S/C18H20N2OS2/c1-3-5-12-20-17(21)16(23-18(20)22)15-11-10-13-8-6-7-9-14(13)19(15)4-2/h6-11H,3-5,12H2,1-2H3/b16-15-. The van der Waals surface area contributed by atoms with Gasteiger partial charge in [0.1, 0.15) is 9.23 Å². The molecule has 1 amide bonds. The van der Waals surface area contributed by atoms with Gasteiger partial charge in [0.15, 0.2) is 0 Å². The molecule has 23 heavy (non-hydrogen) atoms. The summed E-state index contributed by atoms with van der Waals surface area (Å²) in [5.41, 5.74) is 3.29. The molecule has 0 aromatic heterocycles. The summed E-state index contributed by atoms with van der Waals surface area (Å²) in [6.07, 6.45) is 6.15. The van der Waals surface area contributed by atoms with Crippen LogP contribution in [-0.4, -0.2) is 28.2 Å². The van der Waals surface area contributed by atoms with E-state index in [1.54, 1.807) is 4.90 Å². The van der Waals surface area contributed by atoms with Gasteiger partial charge >= 0.3 is 0 Å². The summed E-state index contributed by atoms with van der Waals surface area (Å²) in [5.74, 6) is 0.0472. The van der Waals surface area contributed by atoms with E-state index in [9.17, 15) is 4.79 Å². The van der Waals surface area contributed by atoms with Crippen LogP contribution in [0, 0.1) is 0 Å². The monoisotopic (exact) mass is 344 g/mol. The first-order valence-electron chi connectivity index (χ1n) is 8.00. The Kier molecular flexibility index (Phi) is 4.87. The van der Waals surface area contributed by atoms with E-state index < -0.39 is 0 Å². The number of carbonyl (C=O) groups is 1. The first-order chi connectivity index (χ1) is 11.2. The van der Waals surface area contributed by atoms with Crippen LogP contribution in [0.3, 0.4) is 0 Å². The van der Waals surface area contributed by atoms with Gasteiger partial charge in [-0.25, -0.2) is 0 Å². The van der Waals surface area contributed by atoms with Gasteiger partial charge in [-0.15, -0.1) is 0 Å².